The Bertz CT molecular complexity index is 435. The average Bonchev–Trinajstić information content (AvgIpc) is 2.37. The highest BCUT2D eigenvalue weighted by atomic mass is 16.5. The summed E-state index contributed by atoms with van der Waals surface area (Å²) in [5.74, 6) is 0.348. The second kappa shape index (κ2) is 5.93. The molecule has 0 amide bonds. The molecule has 0 spiro atoms. The van der Waals surface area contributed by atoms with Crippen LogP contribution in [0.4, 0.5) is 0 Å². The standard InChI is InChI=1S/C14H21NO4/c1-14(2,8-12(15)13(16)17)9-5-10(18-3)7-11(6-9)19-4/h5-7,12H,8,15H2,1-4H3,(H,16,17). The lowest BCUT2D eigenvalue weighted by atomic mass is 9.79. The summed E-state index contributed by atoms with van der Waals surface area (Å²) in [5, 5.41) is 8.92. The Kier molecular flexibility index (Phi) is 4.78. The molecule has 1 rings (SSSR count). The molecule has 0 heterocycles. The molecule has 1 atom stereocenters. The van der Waals surface area contributed by atoms with Crippen LogP contribution in [0.2, 0.25) is 0 Å². The summed E-state index contributed by atoms with van der Waals surface area (Å²) in [4.78, 5) is 10.9. The average molecular weight is 267 g/mol. The number of carboxylic acid groups (broad SMARTS) is 1. The van der Waals surface area contributed by atoms with Crippen molar-refractivity contribution in [3.8, 4) is 11.5 Å². The largest absolute Gasteiger partial charge is 0.497 e. The van der Waals surface area contributed by atoms with Gasteiger partial charge in [0.1, 0.15) is 17.5 Å². The van der Waals surface area contributed by atoms with E-state index in [4.69, 9.17) is 20.3 Å². The molecule has 3 N–H and O–H groups in total. The van der Waals surface area contributed by atoms with Crippen LogP contribution in [0.25, 0.3) is 0 Å². The van der Waals surface area contributed by atoms with E-state index in [1.165, 1.54) is 0 Å². The quantitative estimate of drug-likeness (QED) is 0.821. The lowest BCUT2D eigenvalue weighted by Crippen LogP contribution is -2.36. The Morgan fingerprint density at radius 3 is 2.11 bits per heavy atom. The van der Waals surface area contributed by atoms with Crippen LogP contribution in [-0.4, -0.2) is 31.3 Å². The summed E-state index contributed by atoms with van der Waals surface area (Å²) < 4.78 is 10.4. The normalized spacial score (nSPS) is 12.9. The molecule has 1 aromatic carbocycles. The van der Waals surface area contributed by atoms with Crippen molar-refractivity contribution in [2.75, 3.05) is 14.2 Å². The molecule has 0 aliphatic heterocycles. The van der Waals surface area contributed by atoms with E-state index in [1.54, 1.807) is 20.3 Å². The molecule has 0 saturated heterocycles. The zero-order valence-electron chi connectivity index (χ0n) is 11.8. The minimum absolute atomic E-state index is 0.332. The van der Waals surface area contributed by atoms with Crippen LogP contribution in [0, 0.1) is 0 Å². The van der Waals surface area contributed by atoms with E-state index < -0.39 is 12.0 Å². The first-order valence-electron chi connectivity index (χ1n) is 6.02. The first kappa shape index (κ1) is 15.3. The number of carboxylic acids is 1. The second-order valence-electron chi connectivity index (χ2n) is 5.13. The molecule has 0 radical (unpaired) electrons. The molecular weight excluding hydrogens is 246 g/mol. The Hall–Kier alpha value is -1.75. The van der Waals surface area contributed by atoms with Crippen LogP contribution in [0.15, 0.2) is 18.2 Å². The van der Waals surface area contributed by atoms with Crippen molar-refractivity contribution in [2.45, 2.75) is 31.7 Å². The van der Waals surface area contributed by atoms with E-state index in [2.05, 4.69) is 0 Å². The molecule has 0 aromatic heterocycles. The van der Waals surface area contributed by atoms with Crippen molar-refractivity contribution in [1.29, 1.82) is 0 Å². The zero-order chi connectivity index (χ0) is 14.6. The lowest BCUT2D eigenvalue weighted by molar-refractivity contribution is -0.139. The van der Waals surface area contributed by atoms with Gasteiger partial charge in [-0.25, -0.2) is 0 Å². The summed E-state index contributed by atoms with van der Waals surface area (Å²) in [5.41, 5.74) is 6.16. The number of rotatable bonds is 6. The highest BCUT2D eigenvalue weighted by Gasteiger charge is 2.28. The van der Waals surface area contributed by atoms with Crippen LogP contribution < -0.4 is 15.2 Å². The third-order valence-corrected chi connectivity index (χ3v) is 3.18. The zero-order valence-corrected chi connectivity index (χ0v) is 11.8. The van der Waals surface area contributed by atoms with Crippen molar-refractivity contribution < 1.29 is 19.4 Å². The molecule has 0 fully saturated rings. The summed E-state index contributed by atoms with van der Waals surface area (Å²) >= 11 is 0. The number of hydrogen-bond acceptors (Lipinski definition) is 4. The molecular formula is C14H21NO4. The first-order chi connectivity index (χ1) is 8.80. The van der Waals surface area contributed by atoms with E-state index in [0.29, 0.717) is 17.9 Å². The van der Waals surface area contributed by atoms with Gasteiger partial charge in [0, 0.05) is 6.07 Å². The maximum Gasteiger partial charge on any atom is 0.320 e. The van der Waals surface area contributed by atoms with E-state index in [-0.39, 0.29) is 5.41 Å². The fourth-order valence-corrected chi connectivity index (χ4v) is 1.95. The molecule has 0 aliphatic rings. The summed E-state index contributed by atoms with van der Waals surface area (Å²) in [7, 11) is 3.16. The molecule has 0 bridgehead atoms. The monoisotopic (exact) mass is 267 g/mol. The maximum atomic E-state index is 10.9. The summed E-state index contributed by atoms with van der Waals surface area (Å²) in [6.45, 7) is 3.90. The Labute approximate surface area is 113 Å². The fourth-order valence-electron chi connectivity index (χ4n) is 1.95. The van der Waals surface area contributed by atoms with Crippen LogP contribution in [0.1, 0.15) is 25.8 Å². The molecule has 19 heavy (non-hydrogen) atoms. The van der Waals surface area contributed by atoms with Crippen molar-refractivity contribution in [2.24, 2.45) is 5.73 Å². The van der Waals surface area contributed by atoms with Gasteiger partial charge < -0.3 is 20.3 Å². The van der Waals surface area contributed by atoms with Crippen molar-refractivity contribution in [3.05, 3.63) is 23.8 Å². The number of carbonyl (C=O) groups is 1. The van der Waals surface area contributed by atoms with Gasteiger partial charge in [0.25, 0.3) is 0 Å². The Balaban J connectivity index is 3.08. The molecule has 5 nitrogen and oxygen atoms in total. The highest BCUT2D eigenvalue weighted by molar-refractivity contribution is 5.73. The number of hydrogen-bond donors (Lipinski definition) is 2. The Morgan fingerprint density at radius 2 is 1.74 bits per heavy atom. The van der Waals surface area contributed by atoms with Gasteiger partial charge in [0.2, 0.25) is 0 Å². The predicted octanol–water partition coefficient (Wildman–Crippen LogP) is 1.78. The van der Waals surface area contributed by atoms with Gasteiger partial charge >= 0.3 is 5.97 Å². The predicted molar refractivity (Wildman–Crippen MR) is 72.8 cm³/mol. The maximum absolute atomic E-state index is 10.9. The van der Waals surface area contributed by atoms with Crippen LogP contribution >= 0.6 is 0 Å². The smallest absolute Gasteiger partial charge is 0.320 e. The highest BCUT2D eigenvalue weighted by Crippen LogP contribution is 2.33. The van der Waals surface area contributed by atoms with E-state index in [1.807, 2.05) is 26.0 Å². The SMILES string of the molecule is COc1cc(OC)cc(C(C)(C)CC(N)C(=O)O)c1. The van der Waals surface area contributed by atoms with Crippen molar-refractivity contribution >= 4 is 5.97 Å². The molecule has 1 unspecified atom stereocenters. The lowest BCUT2D eigenvalue weighted by Gasteiger charge is -2.27. The van der Waals surface area contributed by atoms with Gasteiger partial charge in [-0.3, -0.25) is 4.79 Å². The third-order valence-electron chi connectivity index (χ3n) is 3.18. The second-order valence-corrected chi connectivity index (χ2v) is 5.13. The minimum Gasteiger partial charge on any atom is -0.497 e. The van der Waals surface area contributed by atoms with E-state index >= 15 is 0 Å². The number of ether oxygens (including phenoxy) is 2. The van der Waals surface area contributed by atoms with E-state index in [0.717, 1.165) is 5.56 Å². The van der Waals surface area contributed by atoms with E-state index in [9.17, 15) is 4.79 Å². The molecule has 5 heteroatoms. The van der Waals surface area contributed by atoms with Gasteiger partial charge in [0.15, 0.2) is 0 Å². The van der Waals surface area contributed by atoms with Gasteiger partial charge in [-0.1, -0.05) is 13.8 Å². The first-order valence-corrected chi connectivity index (χ1v) is 6.02. The Morgan fingerprint density at radius 1 is 1.26 bits per heavy atom. The number of benzene rings is 1. The summed E-state index contributed by atoms with van der Waals surface area (Å²) in [6, 6.07) is 4.62. The third kappa shape index (κ3) is 3.86. The van der Waals surface area contributed by atoms with Gasteiger partial charge in [-0.15, -0.1) is 0 Å². The molecule has 0 saturated carbocycles. The number of aliphatic carboxylic acids is 1. The molecule has 0 aliphatic carbocycles. The van der Waals surface area contributed by atoms with Gasteiger partial charge in [0.05, 0.1) is 14.2 Å². The number of nitrogens with two attached hydrogens (primary N) is 1. The number of methoxy groups -OCH3 is 2. The molecule has 106 valence electrons. The summed E-state index contributed by atoms with van der Waals surface area (Å²) in [6.07, 6.45) is 0.332. The van der Waals surface area contributed by atoms with Gasteiger partial charge in [-0.05, 0) is 29.5 Å². The van der Waals surface area contributed by atoms with Crippen LogP contribution in [0.5, 0.6) is 11.5 Å². The van der Waals surface area contributed by atoms with Crippen molar-refractivity contribution in [3.63, 3.8) is 0 Å². The van der Waals surface area contributed by atoms with Gasteiger partial charge in [-0.2, -0.15) is 0 Å². The topological polar surface area (TPSA) is 81.8 Å². The van der Waals surface area contributed by atoms with Crippen LogP contribution in [0.3, 0.4) is 0 Å². The van der Waals surface area contributed by atoms with Crippen LogP contribution in [-0.2, 0) is 10.2 Å². The minimum atomic E-state index is -0.997. The fraction of sp³-hybridized carbons (Fsp3) is 0.500. The molecule has 1 aromatic rings. The van der Waals surface area contributed by atoms with Crippen molar-refractivity contribution in [1.82, 2.24) is 0 Å².